The summed E-state index contributed by atoms with van der Waals surface area (Å²) in [4.78, 5) is 17.5. The largest absolute Gasteiger partial charge is 0.504 e. The number of carbonyl (C=O) groups excluding carboxylic acids is 1. The van der Waals surface area contributed by atoms with Crippen LogP contribution in [0.25, 0.3) is 6.08 Å². The van der Waals surface area contributed by atoms with Crippen molar-refractivity contribution in [2.45, 2.75) is 74.7 Å². The lowest BCUT2D eigenvalue weighted by Crippen LogP contribution is -2.78. The predicted octanol–water partition coefficient (Wildman–Crippen LogP) is 3.82. The topological polar surface area (TPSA) is 86.4 Å². The van der Waals surface area contributed by atoms with Crippen LogP contribution in [0.5, 0.6) is 11.5 Å². The SMILES string of the molecule is Cc1ccc(/C=C/C(=O)N(C)[C@@H]2CC[C@@]3(O)[C@H]4Cc5ccc(O)c6c5[C@@]3(CCN4CC3CC3)[C@H]2O6)o1.Cl. The van der Waals surface area contributed by atoms with Gasteiger partial charge in [0.2, 0.25) is 5.91 Å². The van der Waals surface area contributed by atoms with Crippen molar-refractivity contribution >= 4 is 24.4 Å². The number of hydrogen-bond donors (Lipinski definition) is 2. The van der Waals surface area contributed by atoms with E-state index in [1.807, 2.05) is 32.2 Å². The van der Waals surface area contributed by atoms with Crippen LogP contribution in [-0.4, -0.2) is 69.8 Å². The molecule has 5 atom stereocenters. The van der Waals surface area contributed by atoms with Crippen LogP contribution in [0, 0.1) is 12.8 Å². The number of benzene rings is 1. The summed E-state index contributed by atoms with van der Waals surface area (Å²) in [6, 6.07) is 7.28. The molecule has 2 aliphatic heterocycles. The summed E-state index contributed by atoms with van der Waals surface area (Å²) in [5.74, 6) is 2.70. The van der Waals surface area contributed by atoms with E-state index in [0.29, 0.717) is 24.4 Å². The second-order valence-electron chi connectivity index (χ2n) is 11.6. The van der Waals surface area contributed by atoms with E-state index in [0.717, 1.165) is 43.2 Å². The van der Waals surface area contributed by atoms with Crippen LogP contribution in [0.4, 0.5) is 0 Å². The number of carbonyl (C=O) groups is 1. The zero-order valence-electron chi connectivity index (χ0n) is 21.4. The van der Waals surface area contributed by atoms with Gasteiger partial charge in [0, 0.05) is 31.3 Å². The van der Waals surface area contributed by atoms with Crippen molar-refractivity contribution in [3.8, 4) is 11.5 Å². The summed E-state index contributed by atoms with van der Waals surface area (Å²) in [7, 11) is 1.82. The minimum Gasteiger partial charge on any atom is -0.504 e. The summed E-state index contributed by atoms with van der Waals surface area (Å²) in [6.45, 7) is 3.83. The van der Waals surface area contributed by atoms with Crippen molar-refractivity contribution in [2.24, 2.45) is 5.92 Å². The van der Waals surface area contributed by atoms with Crippen molar-refractivity contribution in [3.05, 3.63) is 53.0 Å². The van der Waals surface area contributed by atoms with Crippen molar-refractivity contribution in [3.63, 3.8) is 0 Å². The van der Waals surface area contributed by atoms with Gasteiger partial charge in [0.1, 0.15) is 17.6 Å². The number of phenols is 1. The van der Waals surface area contributed by atoms with Crippen LogP contribution in [-0.2, 0) is 16.6 Å². The molecular weight excluding hydrogens is 492 g/mol. The zero-order valence-corrected chi connectivity index (χ0v) is 22.2. The Kier molecular flexibility index (Phi) is 5.72. The standard InChI is InChI=1S/C29H34N2O5.ClH/c1-17-3-7-20(35-17)8-10-24(33)30(2)21-11-12-29(34)23-15-19-6-9-22(32)26-25(19)28(29,27(21)36-26)13-14-31(23)16-18-4-5-18;/h3,6-10,18,21,23,27,32,34H,4-5,11-16H2,1-2H3;1H/b10-8+;/t21-,23-,27+,28+,29-;/m1./s1. The first-order valence-electron chi connectivity index (χ1n) is 13.3. The van der Waals surface area contributed by atoms with Gasteiger partial charge in [0.05, 0.1) is 17.1 Å². The van der Waals surface area contributed by atoms with Crippen molar-refractivity contribution in [2.75, 3.05) is 20.1 Å². The normalized spacial score (nSPS) is 33.5. The van der Waals surface area contributed by atoms with Crippen LogP contribution < -0.4 is 4.74 Å². The monoisotopic (exact) mass is 526 g/mol. The van der Waals surface area contributed by atoms with Crippen LogP contribution in [0.2, 0.25) is 0 Å². The number of amides is 1. The number of nitrogens with zero attached hydrogens (tertiary/aromatic N) is 2. The van der Waals surface area contributed by atoms with E-state index < -0.39 is 17.1 Å². The molecule has 3 aliphatic carbocycles. The van der Waals surface area contributed by atoms with Gasteiger partial charge in [-0.15, -0.1) is 12.4 Å². The summed E-state index contributed by atoms with van der Waals surface area (Å²) in [6.07, 6.45) is 8.20. The number of piperidine rings is 1. The second kappa shape index (κ2) is 8.52. The fourth-order valence-electron chi connectivity index (χ4n) is 7.83. The van der Waals surface area contributed by atoms with Gasteiger partial charge in [-0.25, -0.2) is 0 Å². The first kappa shape index (κ1) is 24.8. The van der Waals surface area contributed by atoms with Crippen LogP contribution in [0.3, 0.4) is 0 Å². The van der Waals surface area contributed by atoms with Gasteiger partial charge in [-0.2, -0.15) is 0 Å². The van der Waals surface area contributed by atoms with Gasteiger partial charge in [0.15, 0.2) is 11.5 Å². The van der Waals surface area contributed by atoms with Crippen LogP contribution >= 0.6 is 12.4 Å². The molecule has 3 heterocycles. The molecule has 1 amide bonds. The molecule has 0 unspecified atom stereocenters. The third kappa shape index (κ3) is 3.43. The summed E-state index contributed by atoms with van der Waals surface area (Å²) in [5, 5.41) is 23.4. The van der Waals surface area contributed by atoms with E-state index in [2.05, 4.69) is 4.90 Å². The number of halogens is 1. The lowest BCUT2D eigenvalue weighted by Gasteiger charge is -2.64. The highest BCUT2D eigenvalue weighted by Gasteiger charge is 2.73. The lowest BCUT2D eigenvalue weighted by atomic mass is 9.48. The maximum absolute atomic E-state index is 13.3. The number of aryl methyl sites for hydroxylation is 1. The molecule has 37 heavy (non-hydrogen) atoms. The quantitative estimate of drug-likeness (QED) is 0.576. The van der Waals surface area contributed by atoms with Gasteiger partial charge in [-0.1, -0.05) is 6.07 Å². The van der Waals surface area contributed by atoms with Crippen molar-refractivity contribution in [1.29, 1.82) is 0 Å². The zero-order chi connectivity index (χ0) is 24.8. The van der Waals surface area contributed by atoms with E-state index >= 15 is 0 Å². The number of hydrogen-bond acceptors (Lipinski definition) is 6. The summed E-state index contributed by atoms with van der Waals surface area (Å²) >= 11 is 0. The van der Waals surface area contributed by atoms with E-state index in [9.17, 15) is 15.0 Å². The minimum atomic E-state index is -0.946. The van der Waals surface area contributed by atoms with E-state index in [-0.39, 0.29) is 36.1 Å². The molecule has 3 fully saturated rings. The second-order valence-corrected chi connectivity index (χ2v) is 11.6. The molecule has 1 spiro atoms. The Bertz CT molecular complexity index is 1270. The Morgan fingerprint density at radius 3 is 2.76 bits per heavy atom. The fraction of sp³-hybridized carbons (Fsp3) is 0.552. The lowest BCUT2D eigenvalue weighted by molar-refractivity contribution is -0.200. The van der Waals surface area contributed by atoms with Gasteiger partial charge in [-0.05, 0) is 87.7 Å². The Morgan fingerprint density at radius 1 is 1.22 bits per heavy atom. The molecule has 1 saturated heterocycles. The number of rotatable bonds is 5. The third-order valence-corrected chi connectivity index (χ3v) is 9.73. The van der Waals surface area contributed by atoms with Gasteiger partial charge in [0.25, 0.3) is 0 Å². The number of ether oxygens (including phenoxy) is 1. The molecule has 8 heteroatoms. The molecule has 5 aliphatic rings. The molecule has 1 aromatic heterocycles. The molecule has 2 N–H and O–H groups in total. The molecule has 7 rings (SSSR count). The molecule has 2 saturated carbocycles. The Labute approximate surface area is 223 Å². The molecule has 2 bridgehead atoms. The van der Waals surface area contributed by atoms with Crippen molar-refractivity contribution < 1.29 is 24.2 Å². The third-order valence-electron chi connectivity index (χ3n) is 9.73. The number of furan rings is 1. The van der Waals surface area contributed by atoms with Gasteiger partial charge < -0.3 is 24.3 Å². The molecule has 1 aromatic carbocycles. The van der Waals surface area contributed by atoms with Crippen molar-refractivity contribution in [1.82, 2.24) is 9.80 Å². The Morgan fingerprint density at radius 2 is 2.03 bits per heavy atom. The Balaban J connectivity index is 0.00000252. The van der Waals surface area contributed by atoms with Gasteiger partial charge >= 0.3 is 0 Å². The minimum absolute atomic E-state index is 0. The Hall–Kier alpha value is -2.48. The van der Waals surface area contributed by atoms with E-state index in [1.54, 1.807) is 23.1 Å². The average Bonchev–Trinajstić information content (AvgIpc) is 3.46. The fourth-order valence-corrected chi connectivity index (χ4v) is 7.83. The molecule has 2 aromatic rings. The summed E-state index contributed by atoms with van der Waals surface area (Å²) in [5.41, 5.74) is 0.588. The highest BCUT2D eigenvalue weighted by molar-refractivity contribution is 5.91. The molecular formula is C29H35ClN2O5. The maximum atomic E-state index is 13.3. The van der Waals surface area contributed by atoms with Crippen LogP contribution in [0.15, 0.2) is 34.8 Å². The summed E-state index contributed by atoms with van der Waals surface area (Å²) < 4.78 is 12.2. The number of likely N-dealkylation sites (tertiary alicyclic amines) is 1. The molecule has 198 valence electrons. The maximum Gasteiger partial charge on any atom is 0.246 e. The molecule has 7 nitrogen and oxygen atoms in total. The highest BCUT2D eigenvalue weighted by atomic mass is 35.5. The highest BCUT2D eigenvalue weighted by Crippen LogP contribution is 2.66. The van der Waals surface area contributed by atoms with Gasteiger partial charge in [-0.3, -0.25) is 9.69 Å². The number of phenolic OH excluding ortho intramolecular Hbond substituents is 1. The van der Waals surface area contributed by atoms with E-state index in [1.165, 1.54) is 18.4 Å². The van der Waals surface area contributed by atoms with Crippen LogP contribution in [0.1, 0.15) is 54.8 Å². The average molecular weight is 527 g/mol. The number of aromatic hydroxyl groups is 1. The van der Waals surface area contributed by atoms with E-state index in [4.69, 9.17) is 9.15 Å². The first-order chi connectivity index (χ1) is 17.3. The first-order valence-corrected chi connectivity index (χ1v) is 13.3. The number of likely N-dealkylation sites (N-methyl/N-ethyl adjacent to an activating group) is 1. The molecule has 0 radical (unpaired) electrons. The number of aliphatic hydroxyl groups is 1. The smallest absolute Gasteiger partial charge is 0.246 e. The predicted molar refractivity (Wildman–Crippen MR) is 141 cm³/mol.